The van der Waals surface area contributed by atoms with Gasteiger partial charge in [-0.1, -0.05) is 23.7 Å². The Hall–Kier alpha value is -2.28. The number of nitrogens with zero attached hydrogens (tertiary/aromatic N) is 3. The first kappa shape index (κ1) is 23.9. The first-order valence-corrected chi connectivity index (χ1v) is 12.2. The van der Waals surface area contributed by atoms with E-state index in [1.54, 1.807) is 14.2 Å². The number of amides is 1. The van der Waals surface area contributed by atoms with E-state index in [1.807, 2.05) is 35.2 Å². The van der Waals surface area contributed by atoms with Gasteiger partial charge in [-0.15, -0.1) is 0 Å². The van der Waals surface area contributed by atoms with Crippen LogP contribution in [0.3, 0.4) is 0 Å². The largest absolute Gasteiger partial charge is 0.497 e. The van der Waals surface area contributed by atoms with Crippen LogP contribution in [0.5, 0.6) is 11.5 Å². The fraction of sp³-hybridized carbons (Fsp3) is 0.500. The number of ether oxygens (including phenoxy) is 2. The van der Waals surface area contributed by atoms with Crippen LogP contribution in [0.1, 0.15) is 36.4 Å². The van der Waals surface area contributed by atoms with Gasteiger partial charge in [-0.2, -0.15) is 0 Å². The van der Waals surface area contributed by atoms with Crippen LogP contribution in [0.4, 0.5) is 0 Å². The number of rotatable bonds is 7. The number of likely N-dealkylation sites (tertiary alicyclic amines) is 1. The van der Waals surface area contributed by atoms with Crippen LogP contribution in [0.2, 0.25) is 5.02 Å². The maximum absolute atomic E-state index is 13.3. The molecule has 0 radical (unpaired) electrons. The summed E-state index contributed by atoms with van der Waals surface area (Å²) in [6.07, 6.45) is 3.04. The average Bonchev–Trinajstić information content (AvgIpc) is 3.22. The number of carbonyl (C=O) groups is 1. The lowest BCUT2D eigenvalue weighted by Crippen LogP contribution is -2.41. The Labute approximate surface area is 202 Å². The SMILES string of the molecule is COc1ccc(C2CCCN2C(=O)CN2CCCN(Cc3ccc(Cl)cc3)CC2)c(OC)c1. The molecule has 0 saturated carbocycles. The fourth-order valence-corrected chi connectivity index (χ4v) is 5.08. The summed E-state index contributed by atoms with van der Waals surface area (Å²) in [6.45, 7) is 6.06. The third kappa shape index (κ3) is 5.99. The molecule has 2 aromatic rings. The van der Waals surface area contributed by atoms with Crippen molar-refractivity contribution >= 4 is 17.5 Å². The minimum Gasteiger partial charge on any atom is -0.497 e. The predicted molar refractivity (Wildman–Crippen MR) is 131 cm³/mol. The molecule has 2 aliphatic heterocycles. The molecule has 0 spiro atoms. The summed E-state index contributed by atoms with van der Waals surface area (Å²) < 4.78 is 11.0. The minimum absolute atomic E-state index is 0.0618. The van der Waals surface area contributed by atoms with E-state index in [1.165, 1.54) is 5.56 Å². The summed E-state index contributed by atoms with van der Waals surface area (Å²) in [6, 6.07) is 14.0. The van der Waals surface area contributed by atoms with Crippen LogP contribution in [0.15, 0.2) is 42.5 Å². The Morgan fingerprint density at radius 1 is 0.939 bits per heavy atom. The molecule has 4 rings (SSSR count). The van der Waals surface area contributed by atoms with Crippen LogP contribution in [0, 0.1) is 0 Å². The number of halogens is 1. The van der Waals surface area contributed by atoms with Crippen LogP contribution in [-0.4, -0.2) is 74.1 Å². The summed E-state index contributed by atoms with van der Waals surface area (Å²) >= 11 is 6.01. The third-order valence-electron chi connectivity index (χ3n) is 6.73. The highest BCUT2D eigenvalue weighted by atomic mass is 35.5. The molecule has 2 fully saturated rings. The second kappa shape index (κ2) is 11.2. The van der Waals surface area contributed by atoms with E-state index >= 15 is 0 Å². The van der Waals surface area contributed by atoms with Gasteiger partial charge < -0.3 is 14.4 Å². The second-order valence-corrected chi connectivity index (χ2v) is 9.32. The lowest BCUT2D eigenvalue weighted by Gasteiger charge is -2.29. The highest BCUT2D eigenvalue weighted by Crippen LogP contribution is 2.38. The van der Waals surface area contributed by atoms with E-state index in [2.05, 4.69) is 21.9 Å². The first-order valence-electron chi connectivity index (χ1n) is 11.8. The number of hydrogen-bond donors (Lipinski definition) is 0. The van der Waals surface area contributed by atoms with Crippen molar-refractivity contribution in [3.63, 3.8) is 0 Å². The summed E-state index contributed by atoms with van der Waals surface area (Å²) in [5.74, 6) is 1.76. The molecule has 7 heteroatoms. The van der Waals surface area contributed by atoms with Crippen LogP contribution in [-0.2, 0) is 11.3 Å². The highest BCUT2D eigenvalue weighted by Gasteiger charge is 2.32. The number of carbonyl (C=O) groups excluding carboxylic acids is 1. The molecule has 33 heavy (non-hydrogen) atoms. The second-order valence-electron chi connectivity index (χ2n) is 8.89. The molecule has 1 unspecified atom stereocenters. The Balaban J connectivity index is 1.35. The lowest BCUT2D eigenvalue weighted by atomic mass is 10.0. The zero-order valence-electron chi connectivity index (χ0n) is 19.6. The molecule has 1 atom stereocenters. The Kier molecular flexibility index (Phi) is 8.12. The minimum atomic E-state index is 0.0618. The Morgan fingerprint density at radius 3 is 2.45 bits per heavy atom. The lowest BCUT2D eigenvalue weighted by molar-refractivity contribution is -0.133. The van der Waals surface area contributed by atoms with E-state index in [0.717, 1.165) is 80.6 Å². The standard InChI is InChI=1S/C26H34ClN3O3/c1-32-22-10-11-23(25(17-22)33-2)24-5-3-14-30(24)26(31)19-29-13-4-12-28(15-16-29)18-20-6-8-21(27)9-7-20/h6-11,17,24H,3-5,12-16,18-19H2,1-2H3. The monoisotopic (exact) mass is 471 g/mol. The molecule has 0 bridgehead atoms. The van der Waals surface area contributed by atoms with Crippen molar-refractivity contribution in [2.24, 2.45) is 0 Å². The van der Waals surface area contributed by atoms with Gasteiger partial charge in [0.05, 0.1) is 26.8 Å². The van der Waals surface area contributed by atoms with Gasteiger partial charge in [-0.25, -0.2) is 0 Å². The quantitative estimate of drug-likeness (QED) is 0.604. The molecule has 0 aliphatic carbocycles. The molecule has 2 aromatic carbocycles. The molecule has 2 saturated heterocycles. The molecule has 178 valence electrons. The summed E-state index contributed by atoms with van der Waals surface area (Å²) in [7, 11) is 3.32. The zero-order valence-corrected chi connectivity index (χ0v) is 20.4. The number of hydrogen-bond acceptors (Lipinski definition) is 5. The summed E-state index contributed by atoms with van der Waals surface area (Å²) in [4.78, 5) is 20.1. The van der Waals surface area contributed by atoms with Gasteiger partial charge in [-0.3, -0.25) is 14.6 Å². The molecule has 1 amide bonds. The number of methoxy groups -OCH3 is 2. The third-order valence-corrected chi connectivity index (χ3v) is 6.98. The van der Waals surface area contributed by atoms with Crippen molar-refractivity contribution in [1.29, 1.82) is 0 Å². The first-order chi connectivity index (χ1) is 16.1. The maximum Gasteiger partial charge on any atom is 0.237 e. The van der Waals surface area contributed by atoms with Gasteiger partial charge in [-0.05, 0) is 62.2 Å². The predicted octanol–water partition coefficient (Wildman–Crippen LogP) is 4.23. The smallest absolute Gasteiger partial charge is 0.237 e. The van der Waals surface area contributed by atoms with Crippen molar-refractivity contribution in [2.75, 3.05) is 53.5 Å². The molecule has 0 aromatic heterocycles. The number of benzene rings is 2. The maximum atomic E-state index is 13.3. The van der Waals surface area contributed by atoms with Crippen molar-refractivity contribution < 1.29 is 14.3 Å². The highest BCUT2D eigenvalue weighted by molar-refractivity contribution is 6.30. The normalized spacial score (nSPS) is 20.0. The van der Waals surface area contributed by atoms with E-state index in [9.17, 15) is 4.79 Å². The van der Waals surface area contributed by atoms with Crippen molar-refractivity contribution in [2.45, 2.75) is 31.8 Å². The van der Waals surface area contributed by atoms with E-state index in [4.69, 9.17) is 21.1 Å². The van der Waals surface area contributed by atoms with Gasteiger partial charge >= 0.3 is 0 Å². The van der Waals surface area contributed by atoms with E-state index < -0.39 is 0 Å². The van der Waals surface area contributed by atoms with E-state index in [-0.39, 0.29) is 11.9 Å². The summed E-state index contributed by atoms with van der Waals surface area (Å²) in [5, 5.41) is 0.770. The molecule has 6 nitrogen and oxygen atoms in total. The topological polar surface area (TPSA) is 45.2 Å². The Morgan fingerprint density at radius 2 is 1.70 bits per heavy atom. The van der Waals surface area contributed by atoms with Gasteiger partial charge in [0.1, 0.15) is 11.5 Å². The molecule has 2 heterocycles. The van der Waals surface area contributed by atoms with Crippen molar-refractivity contribution in [3.05, 3.63) is 58.6 Å². The van der Waals surface area contributed by atoms with Crippen molar-refractivity contribution in [1.82, 2.24) is 14.7 Å². The zero-order chi connectivity index (χ0) is 23.2. The molecule has 0 N–H and O–H groups in total. The van der Waals surface area contributed by atoms with E-state index in [0.29, 0.717) is 6.54 Å². The van der Waals surface area contributed by atoms with Gasteiger partial charge in [0.2, 0.25) is 5.91 Å². The Bertz CT molecular complexity index is 937. The molecule has 2 aliphatic rings. The van der Waals surface area contributed by atoms with Gasteiger partial charge in [0.15, 0.2) is 0 Å². The van der Waals surface area contributed by atoms with Crippen LogP contribution < -0.4 is 9.47 Å². The molecular formula is C26H34ClN3O3. The van der Waals surface area contributed by atoms with Gasteiger partial charge in [0, 0.05) is 42.8 Å². The van der Waals surface area contributed by atoms with Gasteiger partial charge in [0.25, 0.3) is 0 Å². The molecular weight excluding hydrogens is 438 g/mol. The summed E-state index contributed by atoms with van der Waals surface area (Å²) in [5.41, 5.74) is 2.34. The average molecular weight is 472 g/mol. The fourth-order valence-electron chi connectivity index (χ4n) is 4.95. The van der Waals surface area contributed by atoms with Crippen molar-refractivity contribution in [3.8, 4) is 11.5 Å². The van der Waals surface area contributed by atoms with Crippen LogP contribution in [0.25, 0.3) is 0 Å². The van der Waals surface area contributed by atoms with Crippen LogP contribution >= 0.6 is 11.6 Å².